The molecule has 1 atom stereocenters. The molecule has 0 spiro atoms. The number of piperidine rings is 1. The number of ether oxygens (including phenoxy) is 1. The Morgan fingerprint density at radius 2 is 1.96 bits per heavy atom. The number of aromatic nitrogens is 2. The van der Waals surface area contributed by atoms with E-state index in [1.54, 1.807) is 4.90 Å². The maximum absolute atomic E-state index is 12.7. The standard InChI is InChI=1S/C18H28N4O3/c1-13-11-19-22(12-13)15-8-6-14(7-9-15)20-17(23)16-5-3-4-10-21(16)18(24)25-2/h11-12,14-16H,3-10H2,1-2H3,(H,20,23). The van der Waals surface area contributed by atoms with E-state index < -0.39 is 12.1 Å². The summed E-state index contributed by atoms with van der Waals surface area (Å²) in [5, 5.41) is 7.57. The van der Waals surface area contributed by atoms with Gasteiger partial charge in [-0.1, -0.05) is 0 Å². The van der Waals surface area contributed by atoms with Gasteiger partial charge >= 0.3 is 6.09 Å². The largest absolute Gasteiger partial charge is 0.453 e. The van der Waals surface area contributed by atoms with Crippen molar-refractivity contribution in [1.29, 1.82) is 0 Å². The summed E-state index contributed by atoms with van der Waals surface area (Å²) >= 11 is 0. The van der Waals surface area contributed by atoms with Crippen molar-refractivity contribution in [1.82, 2.24) is 20.0 Å². The molecule has 0 bridgehead atoms. The number of methoxy groups -OCH3 is 1. The number of likely N-dealkylation sites (tertiary alicyclic amines) is 1. The topological polar surface area (TPSA) is 76.5 Å². The Kier molecular flexibility index (Phi) is 5.60. The average molecular weight is 348 g/mol. The number of amides is 2. The number of hydrogen-bond acceptors (Lipinski definition) is 4. The summed E-state index contributed by atoms with van der Waals surface area (Å²) in [6.45, 7) is 2.64. The molecule has 2 fully saturated rings. The van der Waals surface area contributed by atoms with Crippen molar-refractivity contribution in [3.05, 3.63) is 18.0 Å². The quantitative estimate of drug-likeness (QED) is 0.910. The number of nitrogens with zero attached hydrogens (tertiary/aromatic N) is 3. The van der Waals surface area contributed by atoms with Crippen molar-refractivity contribution < 1.29 is 14.3 Å². The van der Waals surface area contributed by atoms with Crippen molar-refractivity contribution in [2.75, 3.05) is 13.7 Å². The minimum Gasteiger partial charge on any atom is -0.453 e. The maximum Gasteiger partial charge on any atom is 0.410 e. The Morgan fingerprint density at radius 1 is 1.20 bits per heavy atom. The van der Waals surface area contributed by atoms with Crippen LogP contribution >= 0.6 is 0 Å². The van der Waals surface area contributed by atoms with E-state index in [1.165, 1.54) is 12.7 Å². The summed E-state index contributed by atoms with van der Waals surface area (Å²) in [5.41, 5.74) is 1.18. The third-order valence-corrected chi connectivity index (χ3v) is 5.36. The first-order chi connectivity index (χ1) is 12.1. The molecular formula is C18H28N4O3. The molecule has 1 aliphatic carbocycles. The van der Waals surface area contributed by atoms with Crippen molar-refractivity contribution in [3.63, 3.8) is 0 Å². The van der Waals surface area contributed by atoms with E-state index in [0.29, 0.717) is 19.0 Å². The predicted molar refractivity (Wildman–Crippen MR) is 93.1 cm³/mol. The van der Waals surface area contributed by atoms with Gasteiger partial charge in [-0.3, -0.25) is 14.4 Å². The number of carbonyl (C=O) groups excluding carboxylic acids is 2. The molecule has 1 aromatic rings. The van der Waals surface area contributed by atoms with E-state index in [-0.39, 0.29) is 11.9 Å². The molecule has 2 aliphatic rings. The van der Waals surface area contributed by atoms with E-state index in [2.05, 4.69) is 16.6 Å². The van der Waals surface area contributed by atoms with Gasteiger partial charge in [0, 0.05) is 18.8 Å². The van der Waals surface area contributed by atoms with Crippen molar-refractivity contribution >= 4 is 12.0 Å². The van der Waals surface area contributed by atoms with Crippen LogP contribution in [0.2, 0.25) is 0 Å². The minimum atomic E-state index is -0.405. The number of aryl methyl sites for hydroxylation is 1. The maximum atomic E-state index is 12.7. The van der Waals surface area contributed by atoms with Crippen molar-refractivity contribution in [2.45, 2.75) is 70.0 Å². The van der Waals surface area contributed by atoms with Gasteiger partial charge in [0.1, 0.15) is 6.04 Å². The monoisotopic (exact) mass is 348 g/mol. The SMILES string of the molecule is COC(=O)N1CCCCC1C(=O)NC1CCC(n2cc(C)cn2)CC1. The minimum absolute atomic E-state index is 0.0384. The molecule has 3 rings (SSSR count). The third kappa shape index (κ3) is 4.14. The van der Waals surface area contributed by atoms with E-state index in [0.717, 1.165) is 38.5 Å². The summed E-state index contributed by atoms with van der Waals surface area (Å²) in [6, 6.07) is 0.206. The van der Waals surface area contributed by atoms with E-state index in [1.807, 2.05) is 17.8 Å². The molecule has 138 valence electrons. The molecule has 25 heavy (non-hydrogen) atoms. The predicted octanol–water partition coefficient (Wildman–Crippen LogP) is 2.41. The Morgan fingerprint density at radius 3 is 2.60 bits per heavy atom. The van der Waals surface area contributed by atoms with E-state index >= 15 is 0 Å². The van der Waals surface area contributed by atoms with Crippen LogP contribution in [0.15, 0.2) is 12.4 Å². The molecule has 1 saturated carbocycles. The van der Waals surface area contributed by atoms with Crippen LogP contribution in [0, 0.1) is 6.92 Å². The van der Waals surface area contributed by atoms with Crippen LogP contribution < -0.4 is 5.32 Å². The molecule has 1 unspecified atom stereocenters. The normalized spacial score (nSPS) is 27.0. The van der Waals surface area contributed by atoms with Gasteiger partial charge in [-0.15, -0.1) is 0 Å². The number of carbonyl (C=O) groups is 2. The molecule has 1 saturated heterocycles. The van der Waals surface area contributed by atoms with Crippen LogP contribution in [0.1, 0.15) is 56.6 Å². The van der Waals surface area contributed by atoms with Gasteiger partial charge in [0.2, 0.25) is 5.91 Å². The molecule has 1 aliphatic heterocycles. The second kappa shape index (κ2) is 7.89. The molecule has 2 heterocycles. The van der Waals surface area contributed by atoms with Crippen LogP contribution in [-0.4, -0.2) is 52.4 Å². The van der Waals surface area contributed by atoms with Gasteiger partial charge in [0.25, 0.3) is 0 Å². The summed E-state index contributed by atoms with van der Waals surface area (Å²) < 4.78 is 6.87. The lowest BCUT2D eigenvalue weighted by atomic mass is 9.90. The highest BCUT2D eigenvalue weighted by atomic mass is 16.5. The van der Waals surface area contributed by atoms with Gasteiger partial charge in [-0.25, -0.2) is 4.79 Å². The fraction of sp³-hybridized carbons (Fsp3) is 0.722. The lowest BCUT2D eigenvalue weighted by Gasteiger charge is -2.35. The highest BCUT2D eigenvalue weighted by molar-refractivity contribution is 5.86. The highest BCUT2D eigenvalue weighted by Crippen LogP contribution is 2.28. The zero-order valence-electron chi connectivity index (χ0n) is 15.1. The first-order valence-electron chi connectivity index (χ1n) is 9.24. The van der Waals surface area contributed by atoms with Gasteiger partial charge in [0.05, 0.1) is 19.3 Å². The lowest BCUT2D eigenvalue weighted by Crippen LogP contribution is -2.54. The average Bonchev–Trinajstić information content (AvgIpc) is 3.08. The highest BCUT2D eigenvalue weighted by Gasteiger charge is 2.34. The Hall–Kier alpha value is -2.05. The van der Waals surface area contributed by atoms with Crippen LogP contribution in [0.4, 0.5) is 4.79 Å². The molecule has 0 radical (unpaired) electrons. The summed E-state index contributed by atoms with van der Waals surface area (Å²) in [5.74, 6) is -0.0384. The number of hydrogen-bond donors (Lipinski definition) is 1. The lowest BCUT2D eigenvalue weighted by molar-refractivity contribution is -0.128. The molecule has 7 nitrogen and oxygen atoms in total. The Bertz CT molecular complexity index is 607. The Balaban J connectivity index is 1.52. The van der Waals surface area contributed by atoms with Crippen LogP contribution in [0.5, 0.6) is 0 Å². The second-order valence-corrected chi connectivity index (χ2v) is 7.19. The fourth-order valence-corrected chi connectivity index (χ4v) is 3.95. The summed E-state index contributed by atoms with van der Waals surface area (Å²) in [6.07, 6.45) is 10.1. The van der Waals surface area contributed by atoms with Crippen LogP contribution in [-0.2, 0) is 9.53 Å². The van der Waals surface area contributed by atoms with Crippen LogP contribution in [0.3, 0.4) is 0 Å². The number of rotatable bonds is 3. The van der Waals surface area contributed by atoms with E-state index in [9.17, 15) is 9.59 Å². The number of nitrogens with one attached hydrogen (secondary N) is 1. The van der Waals surface area contributed by atoms with Crippen LogP contribution in [0.25, 0.3) is 0 Å². The van der Waals surface area contributed by atoms with Crippen molar-refractivity contribution in [3.8, 4) is 0 Å². The third-order valence-electron chi connectivity index (χ3n) is 5.36. The molecule has 1 aromatic heterocycles. The Labute approximate surface area is 148 Å². The molecule has 7 heteroatoms. The molecule has 0 aromatic carbocycles. The first kappa shape index (κ1) is 17.8. The second-order valence-electron chi connectivity index (χ2n) is 7.19. The fourth-order valence-electron chi connectivity index (χ4n) is 3.95. The first-order valence-corrected chi connectivity index (χ1v) is 9.24. The summed E-state index contributed by atoms with van der Waals surface area (Å²) in [4.78, 5) is 26.1. The molecule has 2 amide bonds. The smallest absolute Gasteiger partial charge is 0.410 e. The zero-order valence-corrected chi connectivity index (χ0v) is 15.1. The molecule has 1 N–H and O–H groups in total. The van der Waals surface area contributed by atoms with Gasteiger partial charge in [-0.2, -0.15) is 5.10 Å². The zero-order chi connectivity index (χ0) is 17.8. The van der Waals surface area contributed by atoms with Gasteiger partial charge < -0.3 is 10.1 Å². The van der Waals surface area contributed by atoms with Gasteiger partial charge in [-0.05, 0) is 57.4 Å². The van der Waals surface area contributed by atoms with E-state index in [4.69, 9.17) is 4.74 Å². The van der Waals surface area contributed by atoms with Gasteiger partial charge in [0.15, 0.2) is 0 Å². The molecular weight excluding hydrogens is 320 g/mol. The van der Waals surface area contributed by atoms with Crippen molar-refractivity contribution in [2.24, 2.45) is 0 Å². The summed E-state index contributed by atoms with van der Waals surface area (Å²) in [7, 11) is 1.37.